The van der Waals surface area contributed by atoms with Gasteiger partial charge in [-0.3, -0.25) is 4.79 Å². The van der Waals surface area contributed by atoms with Gasteiger partial charge in [-0.05, 0) is 60.5 Å². The minimum absolute atomic E-state index is 0.170. The highest BCUT2D eigenvalue weighted by Gasteiger charge is 2.15. The highest BCUT2D eigenvalue weighted by atomic mass is 16.7. The van der Waals surface area contributed by atoms with E-state index < -0.39 is 0 Å². The molecule has 1 heterocycles. The van der Waals surface area contributed by atoms with Gasteiger partial charge in [-0.25, -0.2) is 5.43 Å². The summed E-state index contributed by atoms with van der Waals surface area (Å²) in [5, 5.41) is 4.01. The van der Waals surface area contributed by atoms with Crippen LogP contribution in [0.1, 0.15) is 27.0 Å². The van der Waals surface area contributed by atoms with Crippen molar-refractivity contribution < 1.29 is 19.0 Å². The predicted octanol–water partition coefficient (Wildman–Crippen LogP) is 4.07. The topological polar surface area (TPSA) is 69.2 Å². The van der Waals surface area contributed by atoms with E-state index >= 15 is 0 Å². The van der Waals surface area contributed by atoms with E-state index in [1.54, 1.807) is 24.4 Å². The van der Waals surface area contributed by atoms with E-state index in [9.17, 15) is 4.79 Å². The number of carbonyl (C=O) groups excluding carboxylic acids is 1. The molecule has 3 aromatic rings. The van der Waals surface area contributed by atoms with Crippen LogP contribution in [0.2, 0.25) is 0 Å². The largest absolute Gasteiger partial charge is 0.489 e. The molecule has 0 spiro atoms. The lowest BCUT2D eigenvalue weighted by atomic mass is 10.2. The number of hydrazone groups is 1. The number of rotatable bonds is 6. The molecule has 4 rings (SSSR count). The van der Waals surface area contributed by atoms with Crippen LogP contribution in [-0.4, -0.2) is 18.9 Å². The number of ether oxygens (including phenoxy) is 3. The van der Waals surface area contributed by atoms with Crippen molar-refractivity contribution in [2.75, 3.05) is 6.79 Å². The van der Waals surface area contributed by atoms with Gasteiger partial charge in [0.25, 0.3) is 5.91 Å². The minimum Gasteiger partial charge on any atom is -0.489 e. The summed E-state index contributed by atoms with van der Waals surface area (Å²) in [5.74, 6) is 1.64. The Bertz CT molecular complexity index is 1030. The van der Waals surface area contributed by atoms with Crippen LogP contribution < -0.4 is 19.6 Å². The van der Waals surface area contributed by atoms with Crippen LogP contribution in [0, 0.1) is 6.92 Å². The molecular formula is C23H20N2O4. The van der Waals surface area contributed by atoms with Crippen molar-refractivity contribution in [3.8, 4) is 17.2 Å². The van der Waals surface area contributed by atoms with Crippen molar-refractivity contribution in [3.63, 3.8) is 0 Å². The van der Waals surface area contributed by atoms with Crippen molar-refractivity contribution >= 4 is 12.1 Å². The first-order chi connectivity index (χ1) is 14.2. The fourth-order valence-corrected chi connectivity index (χ4v) is 2.77. The number of fused-ring (bicyclic) bond motifs is 1. The zero-order chi connectivity index (χ0) is 20.1. The zero-order valence-corrected chi connectivity index (χ0v) is 15.9. The molecule has 146 valence electrons. The lowest BCUT2D eigenvalue weighted by molar-refractivity contribution is 0.0954. The summed E-state index contributed by atoms with van der Waals surface area (Å²) in [5.41, 5.74) is 6.15. The Morgan fingerprint density at radius 1 is 1.03 bits per heavy atom. The van der Waals surface area contributed by atoms with Gasteiger partial charge in [0.2, 0.25) is 6.79 Å². The van der Waals surface area contributed by atoms with Crippen LogP contribution in [-0.2, 0) is 6.61 Å². The maximum atomic E-state index is 12.2. The summed E-state index contributed by atoms with van der Waals surface area (Å²) in [4.78, 5) is 12.2. The van der Waals surface area contributed by atoms with Gasteiger partial charge in [0.15, 0.2) is 11.5 Å². The fourth-order valence-electron chi connectivity index (χ4n) is 2.77. The SMILES string of the molecule is Cc1ccc(COc2ccc(C=NNC(=O)c3ccc4c(c3)OCO4)cc2)cc1. The third-order valence-corrected chi connectivity index (χ3v) is 4.42. The van der Waals surface area contributed by atoms with Crippen molar-refractivity contribution in [1.82, 2.24) is 5.43 Å². The maximum Gasteiger partial charge on any atom is 0.271 e. The Kier molecular flexibility index (Phi) is 5.42. The monoisotopic (exact) mass is 388 g/mol. The molecule has 1 N–H and O–H groups in total. The zero-order valence-electron chi connectivity index (χ0n) is 15.9. The highest BCUT2D eigenvalue weighted by molar-refractivity contribution is 5.95. The number of hydrogen-bond acceptors (Lipinski definition) is 5. The molecule has 6 nitrogen and oxygen atoms in total. The summed E-state index contributed by atoms with van der Waals surface area (Å²) < 4.78 is 16.3. The molecule has 29 heavy (non-hydrogen) atoms. The Morgan fingerprint density at radius 2 is 1.79 bits per heavy atom. The van der Waals surface area contributed by atoms with E-state index in [4.69, 9.17) is 14.2 Å². The Balaban J connectivity index is 1.29. The number of nitrogens with one attached hydrogen (secondary N) is 1. The van der Waals surface area contributed by atoms with Gasteiger partial charge in [0.05, 0.1) is 6.21 Å². The number of aryl methyl sites for hydroxylation is 1. The summed E-state index contributed by atoms with van der Waals surface area (Å²) in [6.07, 6.45) is 1.58. The molecule has 0 fully saturated rings. The van der Waals surface area contributed by atoms with Crippen LogP contribution in [0.3, 0.4) is 0 Å². The molecular weight excluding hydrogens is 368 g/mol. The molecule has 0 aliphatic carbocycles. The van der Waals surface area contributed by atoms with Crippen LogP contribution in [0.25, 0.3) is 0 Å². The van der Waals surface area contributed by atoms with Crippen LogP contribution in [0.15, 0.2) is 71.8 Å². The molecule has 6 heteroatoms. The van der Waals surface area contributed by atoms with E-state index in [-0.39, 0.29) is 12.7 Å². The van der Waals surface area contributed by atoms with Gasteiger partial charge in [0, 0.05) is 5.56 Å². The normalized spacial score (nSPS) is 12.2. The van der Waals surface area contributed by atoms with Crippen LogP contribution >= 0.6 is 0 Å². The predicted molar refractivity (Wildman–Crippen MR) is 110 cm³/mol. The molecule has 0 aromatic heterocycles. The molecule has 0 atom stereocenters. The first-order valence-electron chi connectivity index (χ1n) is 9.19. The van der Waals surface area contributed by atoms with Gasteiger partial charge in [-0.2, -0.15) is 5.10 Å². The molecule has 1 aliphatic rings. The summed E-state index contributed by atoms with van der Waals surface area (Å²) >= 11 is 0. The standard InChI is InChI=1S/C23H20N2O4/c1-16-2-4-18(5-3-16)14-27-20-9-6-17(7-10-20)13-24-25-23(26)19-8-11-21-22(12-19)29-15-28-21/h2-13H,14-15H2,1H3,(H,25,26). The summed E-state index contributed by atoms with van der Waals surface area (Å²) in [7, 11) is 0. The van der Waals surface area contributed by atoms with Gasteiger partial charge in [-0.15, -0.1) is 0 Å². The van der Waals surface area contributed by atoms with Crippen LogP contribution in [0.5, 0.6) is 17.2 Å². The van der Waals surface area contributed by atoms with Gasteiger partial charge in [0.1, 0.15) is 12.4 Å². The number of benzene rings is 3. The first-order valence-corrected chi connectivity index (χ1v) is 9.19. The average molecular weight is 388 g/mol. The van der Waals surface area contributed by atoms with Crippen molar-refractivity contribution in [2.45, 2.75) is 13.5 Å². The van der Waals surface area contributed by atoms with E-state index in [2.05, 4.69) is 41.7 Å². The third kappa shape index (κ3) is 4.73. The van der Waals surface area contributed by atoms with E-state index in [1.807, 2.05) is 24.3 Å². The molecule has 0 radical (unpaired) electrons. The molecule has 0 saturated heterocycles. The second-order valence-electron chi connectivity index (χ2n) is 6.61. The van der Waals surface area contributed by atoms with Gasteiger partial charge < -0.3 is 14.2 Å². The molecule has 0 saturated carbocycles. The Morgan fingerprint density at radius 3 is 2.59 bits per heavy atom. The van der Waals surface area contributed by atoms with E-state index in [1.165, 1.54) is 5.56 Å². The van der Waals surface area contributed by atoms with Crippen molar-refractivity contribution in [3.05, 3.63) is 89.0 Å². The number of hydrogen-bond donors (Lipinski definition) is 1. The average Bonchev–Trinajstić information content (AvgIpc) is 3.22. The molecule has 1 aliphatic heterocycles. The minimum atomic E-state index is -0.322. The molecule has 3 aromatic carbocycles. The smallest absolute Gasteiger partial charge is 0.271 e. The molecule has 1 amide bonds. The number of amides is 1. The first kappa shape index (κ1) is 18.6. The molecule has 0 unspecified atom stereocenters. The van der Waals surface area contributed by atoms with Gasteiger partial charge >= 0.3 is 0 Å². The van der Waals surface area contributed by atoms with Crippen LogP contribution in [0.4, 0.5) is 0 Å². The van der Waals surface area contributed by atoms with Crippen molar-refractivity contribution in [2.24, 2.45) is 5.10 Å². The van der Waals surface area contributed by atoms with E-state index in [0.29, 0.717) is 23.7 Å². The fraction of sp³-hybridized carbons (Fsp3) is 0.130. The lowest BCUT2D eigenvalue weighted by Crippen LogP contribution is -2.17. The number of nitrogens with zero attached hydrogens (tertiary/aromatic N) is 1. The van der Waals surface area contributed by atoms with E-state index in [0.717, 1.165) is 16.9 Å². The van der Waals surface area contributed by atoms with Gasteiger partial charge in [-0.1, -0.05) is 29.8 Å². The summed E-state index contributed by atoms with van der Waals surface area (Å²) in [6.45, 7) is 2.74. The third-order valence-electron chi connectivity index (χ3n) is 4.42. The second kappa shape index (κ2) is 8.48. The second-order valence-corrected chi connectivity index (χ2v) is 6.61. The Hall–Kier alpha value is -3.80. The Labute approximate surface area is 168 Å². The van der Waals surface area contributed by atoms with Crippen molar-refractivity contribution in [1.29, 1.82) is 0 Å². The maximum absolute atomic E-state index is 12.2. The molecule has 0 bridgehead atoms. The quantitative estimate of drug-likeness (QED) is 0.511. The lowest BCUT2D eigenvalue weighted by Gasteiger charge is -2.07. The summed E-state index contributed by atoms with van der Waals surface area (Å²) in [6, 6.07) is 20.7. The highest BCUT2D eigenvalue weighted by Crippen LogP contribution is 2.32. The number of carbonyl (C=O) groups is 1.